The fourth-order valence-electron chi connectivity index (χ4n) is 0. The number of aliphatic carboxylic acids is 1. The molecule has 0 aromatic heterocycles. The highest BCUT2D eigenvalue weighted by Gasteiger charge is 1.73. The molecule has 0 aromatic rings. The number of ether oxygens (including phenoxy) is 1. The molecule has 0 unspecified atom stereocenters. The maximum atomic E-state index is 9.25. The van der Waals surface area contributed by atoms with Crippen LogP contribution < -0.4 is 0 Å². The van der Waals surface area contributed by atoms with Crippen molar-refractivity contribution in [2.24, 2.45) is 0 Å². The van der Waals surface area contributed by atoms with Crippen molar-refractivity contribution in [3.63, 3.8) is 0 Å². The minimum absolute atomic E-state index is 0.375. The Labute approximate surface area is 52.7 Å². The molecule has 0 aliphatic carbocycles. The van der Waals surface area contributed by atoms with E-state index in [1.165, 1.54) is 7.11 Å². The van der Waals surface area contributed by atoms with Crippen molar-refractivity contribution in [2.45, 2.75) is 0 Å². The Bertz CT molecular complexity index is 97.1. The van der Waals surface area contributed by atoms with E-state index in [9.17, 15) is 4.79 Å². The second kappa shape index (κ2) is 9.84. The standard InChI is InChI=1S/C3H4O2.C2H4O2/c1-2-3(4)5;1-4-2-3/h2H,1H2,(H,4,5);2H,1H3. The molecule has 52 valence electrons. The molecule has 1 N–H and O–H groups in total. The monoisotopic (exact) mass is 132 g/mol. The Hall–Kier alpha value is -1.32. The number of hydrogen-bond acceptors (Lipinski definition) is 3. The third-order valence-corrected chi connectivity index (χ3v) is 0.271. The van der Waals surface area contributed by atoms with Gasteiger partial charge in [0, 0.05) is 6.08 Å². The summed E-state index contributed by atoms with van der Waals surface area (Å²) >= 11 is 0. The molecule has 0 radical (unpaired) electrons. The van der Waals surface area contributed by atoms with Crippen LogP contribution in [0.2, 0.25) is 0 Å². The molecule has 0 atom stereocenters. The summed E-state index contributed by atoms with van der Waals surface area (Å²) in [7, 11) is 1.31. The van der Waals surface area contributed by atoms with E-state index in [1.807, 2.05) is 0 Å². The smallest absolute Gasteiger partial charge is 0.327 e. The predicted molar refractivity (Wildman–Crippen MR) is 30.9 cm³/mol. The predicted octanol–water partition coefficient (Wildman–Crippen LogP) is 0.0462. The fraction of sp³-hybridized carbons (Fsp3) is 0.200. The lowest BCUT2D eigenvalue weighted by atomic mass is 10.7. The van der Waals surface area contributed by atoms with Gasteiger partial charge in [-0.2, -0.15) is 0 Å². The third-order valence-electron chi connectivity index (χ3n) is 0.271. The summed E-state index contributed by atoms with van der Waals surface area (Å²) in [5, 5.41) is 7.60. The Balaban J connectivity index is 0. The van der Waals surface area contributed by atoms with Crippen molar-refractivity contribution in [3.05, 3.63) is 12.7 Å². The second-order valence-corrected chi connectivity index (χ2v) is 0.874. The lowest BCUT2D eigenvalue weighted by molar-refractivity contribution is -0.131. The van der Waals surface area contributed by atoms with Gasteiger partial charge in [-0.05, 0) is 0 Å². The number of hydrogen-bond donors (Lipinski definition) is 1. The van der Waals surface area contributed by atoms with Gasteiger partial charge in [0.25, 0.3) is 6.47 Å². The van der Waals surface area contributed by atoms with Crippen molar-refractivity contribution in [1.82, 2.24) is 0 Å². The molecule has 0 aliphatic rings. The van der Waals surface area contributed by atoms with Gasteiger partial charge in [-0.1, -0.05) is 6.58 Å². The molecular formula is C5H8O4. The second-order valence-electron chi connectivity index (χ2n) is 0.874. The molecule has 0 bridgehead atoms. The van der Waals surface area contributed by atoms with Gasteiger partial charge in [-0.15, -0.1) is 0 Å². The minimum Gasteiger partial charge on any atom is -0.478 e. The van der Waals surface area contributed by atoms with Crippen molar-refractivity contribution in [2.75, 3.05) is 7.11 Å². The Morgan fingerprint density at radius 3 is 2.00 bits per heavy atom. The van der Waals surface area contributed by atoms with Crippen LogP contribution in [0.1, 0.15) is 0 Å². The minimum atomic E-state index is -0.981. The number of methoxy groups -OCH3 is 1. The van der Waals surface area contributed by atoms with Gasteiger partial charge < -0.3 is 9.84 Å². The van der Waals surface area contributed by atoms with E-state index in [0.29, 0.717) is 6.47 Å². The van der Waals surface area contributed by atoms with E-state index in [2.05, 4.69) is 11.3 Å². The number of carboxylic acids is 1. The molecule has 0 aliphatic heterocycles. The van der Waals surface area contributed by atoms with Gasteiger partial charge in [-0.25, -0.2) is 4.79 Å². The van der Waals surface area contributed by atoms with E-state index in [-0.39, 0.29) is 0 Å². The van der Waals surface area contributed by atoms with Crippen LogP contribution in [0.25, 0.3) is 0 Å². The van der Waals surface area contributed by atoms with E-state index >= 15 is 0 Å². The molecule has 4 heteroatoms. The summed E-state index contributed by atoms with van der Waals surface area (Å²) < 4.78 is 3.86. The summed E-state index contributed by atoms with van der Waals surface area (Å²) in [5.41, 5.74) is 0. The summed E-state index contributed by atoms with van der Waals surface area (Å²) in [6.45, 7) is 3.34. The molecule has 0 rings (SSSR count). The Kier molecular flexibility index (Phi) is 11.6. The number of carbonyl (C=O) groups excluding carboxylic acids is 1. The maximum absolute atomic E-state index is 9.25. The SMILES string of the molecule is C=CC(=O)O.COC=O. The van der Waals surface area contributed by atoms with Crippen molar-refractivity contribution in [1.29, 1.82) is 0 Å². The first-order chi connectivity index (χ1) is 4.18. The van der Waals surface area contributed by atoms with Crippen LogP contribution in [-0.4, -0.2) is 24.7 Å². The Morgan fingerprint density at radius 1 is 1.78 bits per heavy atom. The molecule has 0 fully saturated rings. The lowest BCUT2D eigenvalue weighted by Gasteiger charge is -1.67. The van der Waals surface area contributed by atoms with E-state index in [1.54, 1.807) is 0 Å². The molecule has 0 saturated heterocycles. The molecule has 9 heavy (non-hydrogen) atoms. The van der Waals surface area contributed by atoms with Crippen molar-refractivity contribution in [3.8, 4) is 0 Å². The van der Waals surface area contributed by atoms with Crippen LogP contribution in [0.3, 0.4) is 0 Å². The van der Waals surface area contributed by atoms with E-state index < -0.39 is 5.97 Å². The number of rotatable bonds is 2. The van der Waals surface area contributed by atoms with Gasteiger partial charge in [0.1, 0.15) is 0 Å². The zero-order chi connectivity index (χ0) is 7.70. The summed E-state index contributed by atoms with van der Waals surface area (Å²) in [6, 6.07) is 0. The zero-order valence-corrected chi connectivity index (χ0v) is 5.03. The third kappa shape index (κ3) is 51.8. The van der Waals surface area contributed by atoms with E-state index in [0.717, 1.165) is 6.08 Å². The quantitative estimate of drug-likeness (QED) is 0.425. The topological polar surface area (TPSA) is 63.6 Å². The molecule has 0 amide bonds. The number of carbonyl (C=O) groups is 2. The van der Waals surface area contributed by atoms with Crippen LogP contribution in [0.15, 0.2) is 12.7 Å². The highest BCUT2D eigenvalue weighted by Crippen LogP contribution is 1.54. The van der Waals surface area contributed by atoms with Crippen LogP contribution in [0, 0.1) is 0 Å². The van der Waals surface area contributed by atoms with Crippen LogP contribution in [0.4, 0.5) is 0 Å². The first-order valence-corrected chi connectivity index (χ1v) is 2.00. The number of carboxylic acid groups (broad SMARTS) is 1. The van der Waals surface area contributed by atoms with Crippen molar-refractivity contribution < 1.29 is 19.4 Å². The maximum Gasteiger partial charge on any atom is 0.327 e. The molecule has 0 aromatic carbocycles. The first-order valence-electron chi connectivity index (χ1n) is 2.00. The molecule has 0 spiro atoms. The highest BCUT2D eigenvalue weighted by molar-refractivity contribution is 5.78. The summed E-state index contributed by atoms with van der Waals surface area (Å²) in [4.78, 5) is 18.2. The fourth-order valence-corrected chi connectivity index (χ4v) is 0. The highest BCUT2D eigenvalue weighted by atomic mass is 16.5. The van der Waals surface area contributed by atoms with Crippen LogP contribution in [-0.2, 0) is 14.3 Å². The van der Waals surface area contributed by atoms with Gasteiger partial charge in [0.15, 0.2) is 0 Å². The average Bonchev–Trinajstić information content (AvgIpc) is 1.89. The van der Waals surface area contributed by atoms with Gasteiger partial charge >= 0.3 is 5.97 Å². The van der Waals surface area contributed by atoms with Gasteiger partial charge in [0.05, 0.1) is 7.11 Å². The average molecular weight is 132 g/mol. The van der Waals surface area contributed by atoms with Gasteiger partial charge in [0.2, 0.25) is 0 Å². The lowest BCUT2D eigenvalue weighted by Crippen LogP contribution is -1.82. The van der Waals surface area contributed by atoms with Gasteiger partial charge in [-0.3, -0.25) is 4.79 Å². The Morgan fingerprint density at radius 2 is 2.00 bits per heavy atom. The summed E-state index contributed by atoms with van der Waals surface area (Å²) in [5.74, 6) is -0.981. The van der Waals surface area contributed by atoms with Crippen molar-refractivity contribution >= 4 is 12.4 Å². The zero-order valence-electron chi connectivity index (χ0n) is 5.03. The van der Waals surface area contributed by atoms with E-state index in [4.69, 9.17) is 9.90 Å². The molecule has 4 nitrogen and oxygen atoms in total. The summed E-state index contributed by atoms with van der Waals surface area (Å²) in [6.07, 6.45) is 0.833. The van der Waals surface area contributed by atoms with Crippen LogP contribution >= 0.6 is 0 Å². The molecule has 0 heterocycles. The molecule has 0 saturated carbocycles. The normalized spacial score (nSPS) is 5.89. The molecular weight excluding hydrogens is 124 g/mol. The first kappa shape index (κ1) is 10.6. The largest absolute Gasteiger partial charge is 0.478 e. The van der Waals surface area contributed by atoms with Crippen LogP contribution in [0.5, 0.6) is 0 Å².